The highest BCUT2D eigenvalue weighted by atomic mass is 32.1. The fourth-order valence-corrected chi connectivity index (χ4v) is 2.12. The van der Waals surface area contributed by atoms with Gasteiger partial charge in [0.25, 0.3) is 0 Å². The zero-order valence-corrected chi connectivity index (χ0v) is 10.7. The molecule has 4 nitrogen and oxygen atoms in total. The Hall–Kier alpha value is -0.520. The van der Waals surface area contributed by atoms with Crippen LogP contribution >= 0.6 is 11.3 Å². The molecule has 0 radical (unpaired) electrons. The Morgan fingerprint density at radius 3 is 2.81 bits per heavy atom. The van der Waals surface area contributed by atoms with Crippen molar-refractivity contribution in [3.8, 4) is 0 Å². The van der Waals surface area contributed by atoms with Crippen molar-refractivity contribution < 1.29 is 4.74 Å². The molecular formula is C11H19N3OS. The van der Waals surface area contributed by atoms with Crippen LogP contribution in [-0.2, 0) is 17.8 Å². The highest BCUT2D eigenvalue weighted by molar-refractivity contribution is 7.11. The summed E-state index contributed by atoms with van der Waals surface area (Å²) >= 11 is 1.66. The maximum Gasteiger partial charge on any atom is 0.143 e. The SMILES string of the molecule is CC(C)OCc1nnc(CCNC2CC2)s1. The van der Waals surface area contributed by atoms with Gasteiger partial charge < -0.3 is 10.1 Å². The molecule has 0 unspecified atom stereocenters. The van der Waals surface area contributed by atoms with Gasteiger partial charge >= 0.3 is 0 Å². The Kier molecular flexibility index (Phi) is 4.26. The van der Waals surface area contributed by atoms with Crippen molar-refractivity contribution in [3.05, 3.63) is 10.0 Å². The fourth-order valence-electron chi connectivity index (χ4n) is 1.36. The highest BCUT2D eigenvalue weighted by Gasteiger charge is 2.19. The van der Waals surface area contributed by atoms with Crippen molar-refractivity contribution in [2.45, 2.75) is 51.9 Å². The maximum atomic E-state index is 5.49. The smallest absolute Gasteiger partial charge is 0.143 e. The standard InChI is InChI=1S/C11H19N3OS/c1-8(2)15-7-11-14-13-10(16-11)5-6-12-9-3-4-9/h8-9,12H,3-7H2,1-2H3. The van der Waals surface area contributed by atoms with Gasteiger partial charge in [0.05, 0.1) is 6.10 Å². The molecule has 1 heterocycles. The van der Waals surface area contributed by atoms with Crippen molar-refractivity contribution in [2.24, 2.45) is 0 Å². The zero-order chi connectivity index (χ0) is 11.4. The number of nitrogens with zero attached hydrogens (tertiary/aromatic N) is 2. The lowest BCUT2D eigenvalue weighted by Crippen LogP contribution is -2.19. The normalized spacial score (nSPS) is 15.9. The van der Waals surface area contributed by atoms with Crippen LogP contribution < -0.4 is 5.32 Å². The van der Waals surface area contributed by atoms with Gasteiger partial charge in [-0.15, -0.1) is 10.2 Å². The molecule has 1 saturated carbocycles. The van der Waals surface area contributed by atoms with E-state index < -0.39 is 0 Å². The minimum Gasteiger partial charge on any atom is -0.372 e. The molecule has 1 aromatic rings. The average molecular weight is 241 g/mol. The van der Waals surface area contributed by atoms with Gasteiger partial charge in [0.15, 0.2) is 0 Å². The molecule has 1 fully saturated rings. The molecular weight excluding hydrogens is 222 g/mol. The Morgan fingerprint density at radius 1 is 1.38 bits per heavy atom. The van der Waals surface area contributed by atoms with Crippen molar-refractivity contribution in [1.29, 1.82) is 0 Å². The molecule has 1 aliphatic rings. The summed E-state index contributed by atoms with van der Waals surface area (Å²) in [6.07, 6.45) is 3.91. The lowest BCUT2D eigenvalue weighted by Gasteiger charge is -2.03. The molecule has 0 bridgehead atoms. The molecule has 1 N–H and O–H groups in total. The third-order valence-electron chi connectivity index (χ3n) is 2.40. The van der Waals surface area contributed by atoms with Gasteiger partial charge in [-0.1, -0.05) is 11.3 Å². The molecule has 90 valence electrons. The number of nitrogens with one attached hydrogen (secondary N) is 1. The summed E-state index contributed by atoms with van der Waals surface area (Å²) in [5.74, 6) is 0. The first-order valence-electron chi connectivity index (χ1n) is 5.90. The molecule has 0 atom stereocenters. The number of rotatable bonds is 7. The summed E-state index contributed by atoms with van der Waals surface area (Å²) in [6.45, 7) is 5.67. The van der Waals surface area contributed by atoms with Crippen LogP contribution in [0, 0.1) is 0 Å². The summed E-state index contributed by atoms with van der Waals surface area (Å²) < 4.78 is 5.49. The lowest BCUT2D eigenvalue weighted by atomic mass is 10.4. The maximum absolute atomic E-state index is 5.49. The van der Waals surface area contributed by atoms with Crippen LogP contribution in [0.15, 0.2) is 0 Å². The molecule has 0 aliphatic heterocycles. The van der Waals surface area contributed by atoms with Gasteiger partial charge in [-0.3, -0.25) is 0 Å². The summed E-state index contributed by atoms with van der Waals surface area (Å²) in [6, 6.07) is 0.775. The van der Waals surface area contributed by atoms with E-state index in [4.69, 9.17) is 4.74 Å². The first-order valence-corrected chi connectivity index (χ1v) is 6.72. The van der Waals surface area contributed by atoms with Gasteiger partial charge in [0.1, 0.15) is 16.6 Å². The minimum absolute atomic E-state index is 0.254. The zero-order valence-electron chi connectivity index (χ0n) is 9.90. The van der Waals surface area contributed by atoms with Crippen LogP contribution in [0.3, 0.4) is 0 Å². The topological polar surface area (TPSA) is 47.0 Å². The molecule has 1 aliphatic carbocycles. The third kappa shape index (κ3) is 4.15. The first-order chi connectivity index (χ1) is 7.74. The Balaban J connectivity index is 1.68. The lowest BCUT2D eigenvalue weighted by molar-refractivity contribution is 0.0652. The molecule has 0 amide bonds. The van der Waals surface area contributed by atoms with E-state index in [1.165, 1.54) is 12.8 Å². The van der Waals surface area contributed by atoms with Crippen LogP contribution in [0.2, 0.25) is 0 Å². The predicted molar refractivity (Wildman–Crippen MR) is 64.6 cm³/mol. The summed E-state index contributed by atoms with van der Waals surface area (Å²) in [5, 5.41) is 13.8. The quantitative estimate of drug-likeness (QED) is 0.790. The van der Waals surface area contributed by atoms with Gasteiger partial charge in [0.2, 0.25) is 0 Å². The third-order valence-corrected chi connectivity index (χ3v) is 3.35. The van der Waals surface area contributed by atoms with Crippen molar-refractivity contribution in [3.63, 3.8) is 0 Å². The monoisotopic (exact) mass is 241 g/mol. The van der Waals surface area contributed by atoms with Crippen molar-refractivity contribution in [1.82, 2.24) is 15.5 Å². The van der Waals surface area contributed by atoms with Gasteiger partial charge in [-0.05, 0) is 26.7 Å². The van der Waals surface area contributed by atoms with E-state index in [-0.39, 0.29) is 6.10 Å². The van der Waals surface area contributed by atoms with Crippen LogP contribution in [-0.4, -0.2) is 28.9 Å². The molecule has 5 heteroatoms. The molecule has 0 aromatic carbocycles. The second kappa shape index (κ2) is 5.70. The Morgan fingerprint density at radius 2 is 2.12 bits per heavy atom. The number of aromatic nitrogens is 2. The summed E-state index contributed by atoms with van der Waals surface area (Å²) in [4.78, 5) is 0. The number of ether oxygens (including phenoxy) is 1. The summed E-state index contributed by atoms with van der Waals surface area (Å²) in [5.41, 5.74) is 0. The van der Waals surface area contributed by atoms with Crippen LogP contribution in [0.25, 0.3) is 0 Å². The first kappa shape index (κ1) is 12.0. The van der Waals surface area contributed by atoms with E-state index in [1.54, 1.807) is 11.3 Å². The molecule has 16 heavy (non-hydrogen) atoms. The second-order valence-electron chi connectivity index (χ2n) is 4.43. The average Bonchev–Trinajstić information content (AvgIpc) is 2.94. The van der Waals surface area contributed by atoms with E-state index in [9.17, 15) is 0 Å². The van der Waals surface area contributed by atoms with Gasteiger partial charge in [-0.25, -0.2) is 0 Å². The van der Waals surface area contributed by atoms with Crippen LogP contribution in [0.4, 0.5) is 0 Å². The van der Waals surface area contributed by atoms with E-state index in [0.29, 0.717) is 6.61 Å². The largest absolute Gasteiger partial charge is 0.372 e. The van der Waals surface area contributed by atoms with Crippen molar-refractivity contribution in [2.75, 3.05) is 6.54 Å². The van der Waals surface area contributed by atoms with Crippen LogP contribution in [0.1, 0.15) is 36.7 Å². The van der Waals surface area contributed by atoms with Gasteiger partial charge in [-0.2, -0.15) is 0 Å². The molecule has 2 rings (SSSR count). The molecule has 1 aromatic heterocycles. The molecule has 0 spiro atoms. The summed E-state index contributed by atoms with van der Waals surface area (Å²) in [7, 11) is 0. The predicted octanol–water partition coefficient (Wildman–Crippen LogP) is 1.76. The van der Waals surface area contributed by atoms with E-state index in [0.717, 1.165) is 29.0 Å². The van der Waals surface area contributed by atoms with E-state index >= 15 is 0 Å². The van der Waals surface area contributed by atoms with E-state index in [2.05, 4.69) is 15.5 Å². The number of hydrogen-bond acceptors (Lipinski definition) is 5. The number of hydrogen-bond donors (Lipinski definition) is 1. The van der Waals surface area contributed by atoms with Crippen molar-refractivity contribution >= 4 is 11.3 Å². The Labute approximate surface area is 100 Å². The van der Waals surface area contributed by atoms with Crippen LogP contribution in [0.5, 0.6) is 0 Å². The minimum atomic E-state index is 0.254. The Bertz CT molecular complexity index is 323. The van der Waals surface area contributed by atoms with Gasteiger partial charge in [0, 0.05) is 19.0 Å². The fraction of sp³-hybridized carbons (Fsp3) is 0.818. The van der Waals surface area contributed by atoms with E-state index in [1.807, 2.05) is 13.8 Å². The second-order valence-corrected chi connectivity index (χ2v) is 5.57. The highest BCUT2D eigenvalue weighted by Crippen LogP contribution is 2.18. The molecule has 0 saturated heterocycles.